The monoisotopic (exact) mass is 304 g/mol. The van der Waals surface area contributed by atoms with Gasteiger partial charge in [-0.2, -0.15) is 0 Å². The van der Waals surface area contributed by atoms with Gasteiger partial charge in [-0.25, -0.2) is 4.98 Å². The molecule has 1 aliphatic rings. The molecule has 0 amide bonds. The van der Waals surface area contributed by atoms with Crippen molar-refractivity contribution in [2.24, 2.45) is 0 Å². The molecule has 0 radical (unpaired) electrons. The van der Waals surface area contributed by atoms with Gasteiger partial charge in [0.15, 0.2) is 0 Å². The van der Waals surface area contributed by atoms with Crippen LogP contribution in [-0.2, 0) is 6.54 Å². The summed E-state index contributed by atoms with van der Waals surface area (Å²) >= 11 is 0. The van der Waals surface area contributed by atoms with Crippen LogP contribution in [0.3, 0.4) is 0 Å². The number of hydrogen-bond acceptors (Lipinski definition) is 1. The third-order valence-electron chi connectivity index (χ3n) is 5.24. The Morgan fingerprint density at radius 1 is 0.957 bits per heavy atom. The summed E-state index contributed by atoms with van der Waals surface area (Å²) in [5.41, 5.74) is 5.17. The third kappa shape index (κ3) is 2.78. The summed E-state index contributed by atoms with van der Waals surface area (Å²) in [5.74, 6) is 1.93. The van der Waals surface area contributed by atoms with Crippen LogP contribution in [0.4, 0.5) is 0 Å². The second-order valence-electron chi connectivity index (χ2n) is 6.81. The highest BCUT2D eigenvalue weighted by atomic mass is 15.1. The number of rotatable bonds is 3. The lowest BCUT2D eigenvalue weighted by Crippen LogP contribution is -2.13. The zero-order chi connectivity index (χ0) is 15.6. The molecule has 0 saturated heterocycles. The Morgan fingerprint density at radius 2 is 1.70 bits per heavy atom. The highest BCUT2D eigenvalue weighted by Crippen LogP contribution is 2.34. The zero-order valence-electron chi connectivity index (χ0n) is 13.8. The van der Waals surface area contributed by atoms with Crippen molar-refractivity contribution in [3.8, 4) is 0 Å². The second-order valence-corrected chi connectivity index (χ2v) is 6.81. The van der Waals surface area contributed by atoms with Crippen molar-refractivity contribution in [3.63, 3.8) is 0 Å². The van der Waals surface area contributed by atoms with Crippen LogP contribution in [0.2, 0.25) is 0 Å². The van der Waals surface area contributed by atoms with Crippen LogP contribution >= 0.6 is 0 Å². The smallest absolute Gasteiger partial charge is 0.113 e. The number of fused-ring (bicyclic) bond motifs is 1. The molecule has 1 aliphatic carbocycles. The van der Waals surface area contributed by atoms with Crippen molar-refractivity contribution in [2.45, 2.75) is 51.5 Å². The number of para-hydroxylation sites is 2. The average Bonchev–Trinajstić information content (AvgIpc) is 2.96. The minimum atomic E-state index is 0.625. The molecule has 2 nitrogen and oxygen atoms in total. The van der Waals surface area contributed by atoms with Gasteiger partial charge in [0.25, 0.3) is 0 Å². The van der Waals surface area contributed by atoms with E-state index in [-0.39, 0.29) is 0 Å². The van der Waals surface area contributed by atoms with Gasteiger partial charge >= 0.3 is 0 Å². The molecule has 0 bridgehead atoms. The van der Waals surface area contributed by atoms with E-state index in [0.717, 1.165) is 12.1 Å². The van der Waals surface area contributed by atoms with E-state index < -0.39 is 0 Å². The van der Waals surface area contributed by atoms with Crippen molar-refractivity contribution in [1.29, 1.82) is 0 Å². The van der Waals surface area contributed by atoms with Crippen LogP contribution in [-0.4, -0.2) is 9.55 Å². The van der Waals surface area contributed by atoms with E-state index >= 15 is 0 Å². The zero-order valence-corrected chi connectivity index (χ0v) is 13.8. The van der Waals surface area contributed by atoms with Gasteiger partial charge in [0, 0.05) is 12.5 Å². The highest BCUT2D eigenvalue weighted by molar-refractivity contribution is 5.76. The van der Waals surface area contributed by atoms with E-state index in [1.165, 1.54) is 54.6 Å². The first-order valence-electron chi connectivity index (χ1n) is 8.82. The number of nitrogens with zero attached hydrogens (tertiary/aromatic N) is 2. The third-order valence-corrected chi connectivity index (χ3v) is 5.24. The molecule has 0 unspecified atom stereocenters. The summed E-state index contributed by atoms with van der Waals surface area (Å²) in [6.07, 6.45) is 6.65. The summed E-state index contributed by atoms with van der Waals surface area (Å²) in [6, 6.07) is 17.3. The van der Waals surface area contributed by atoms with Crippen LogP contribution in [0.1, 0.15) is 55.0 Å². The Kier molecular flexibility index (Phi) is 3.90. The molecule has 2 aromatic carbocycles. The Labute approximate surface area is 138 Å². The number of aromatic nitrogens is 2. The molecule has 1 fully saturated rings. The lowest BCUT2D eigenvalue weighted by atomic mass is 9.88. The minimum absolute atomic E-state index is 0.625. The summed E-state index contributed by atoms with van der Waals surface area (Å²) in [5, 5.41) is 0. The second kappa shape index (κ2) is 6.19. The average molecular weight is 304 g/mol. The van der Waals surface area contributed by atoms with Crippen molar-refractivity contribution in [3.05, 3.63) is 65.5 Å². The molecule has 118 valence electrons. The fraction of sp³-hybridized carbons (Fsp3) is 0.381. The quantitative estimate of drug-likeness (QED) is 0.630. The number of hydrogen-bond donors (Lipinski definition) is 0. The van der Waals surface area contributed by atoms with E-state index in [1.54, 1.807) is 0 Å². The van der Waals surface area contributed by atoms with Crippen LogP contribution in [0.5, 0.6) is 0 Å². The maximum Gasteiger partial charge on any atom is 0.113 e. The molecule has 23 heavy (non-hydrogen) atoms. The molecule has 4 rings (SSSR count). The first-order chi connectivity index (χ1) is 11.3. The maximum atomic E-state index is 5.03. The van der Waals surface area contributed by atoms with E-state index in [9.17, 15) is 0 Å². The summed E-state index contributed by atoms with van der Waals surface area (Å²) in [6.45, 7) is 3.13. The summed E-state index contributed by atoms with van der Waals surface area (Å²) < 4.78 is 2.47. The van der Waals surface area contributed by atoms with Gasteiger partial charge in [-0.3, -0.25) is 0 Å². The fourth-order valence-corrected chi connectivity index (χ4v) is 3.89. The Bertz CT molecular complexity index is 810. The van der Waals surface area contributed by atoms with Gasteiger partial charge in [0.05, 0.1) is 11.0 Å². The predicted molar refractivity (Wildman–Crippen MR) is 95.8 cm³/mol. The van der Waals surface area contributed by atoms with Crippen LogP contribution < -0.4 is 0 Å². The van der Waals surface area contributed by atoms with Gasteiger partial charge in [-0.15, -0.1) is 0 Å². The highest BCUT2D eigenvalue weighted by Gasteiger charge is 2.22. The fourth-order valence-electron chi connectivity index (χ4n) is 3.89. The standard InChI is InChI=1S/C21H24N2/c1-16-9-5-6-12-18(16)15-23-20-14-8-7-13-19(20)22-21(23)17-10-3-2-4-11-17/h5-9,12-14,17H,2-4,10-11,15H2,1H3. The first-order valence-corrected chi connectivity index (χ1v) is 8.82. The van der Waals surface area contributed by atoms with Crippen molar-refractivity contribution in [1.82, 2.24) is 9.55 Å². The van der Waals surface area contributed by atoms with E-state index in [1.807, 2.05) is 0 Å². The van der Waals surface area contributed by atoms with Gasteiger partial charge < -0.3 is 4.57 Å². The Hall–Kier alpha value is -2.09. The largest absolute Gasteiger partial charge is 0.323 e. The molecule has 0 N–H and O–H groups in total. The molecule has 0 spiro atoms. The lowest BCUT2D eigenvalue weighted by Gasteiger charge is -2.22. The van der Waals surface area contributed by atoms with E-state index in [2.05, 4.69) is 60.0 Å². The molecule has 1 aromatic heterocycles. The van der Waals surface area contributed by atoms with Gasteiger partial charge in [-0.1, -0.05) is 55.7 Å². The predicted octanol–water partition coefficient (Wildman–Crippen LogP) is 5.44. The van der Waals surface area contributed by atoms with Crippen molar-refractivity contribution >= 4 is 11.0 Å². The number of imidazole rings is 1. The van der Waals surface area contributed by atoms with E-state index in [4.69, 9.17) is 4.98 Å². The van der Waals surface area contributed by atoms with E-state index in [0.29, 0.717) is 5.92 Å². The van der Waals surface area contributed by atoms with Gasteiger partial charge in [-0.05, 0) is 43.0 Å². The molecular formula is C21H24N2. The van der Waals surface area contributed by atoms with Crippen LogP contribution in [0.25, 0.3) is 11.0 Å². The number of benzene rings is 2. The first kappa shape index (κ1) is 14.5. The molecule has 1 heterocycles. The van der Waals surface area contributed by atoms with Gasteiger partial charge in [0.1, 0.15) is 5.82 Å². The lowest BCUT2D eigenvalue weighted by molar-refractivity contribution is 0.420. The Morgan fingerprint density at radius 3 is 2.52 bits per heavy atom. The van der Waals surface area contributed by atoms with Crippen LogP contribution in [0.15, 0.2) is 48.5 Å². The summed E-state index contributed by atoms with van der Waals surface area (Å²) in [7, 11) is 0. The molecular weight excluding hydrogens is 280 g/mol. The molecule has 1 saturated carbocycles. The SMILES string of the molecule is Cc1ccccc1Cn1c(C2CCCCC2)nc2ccccc21. The number of aryl methyl sites for hydroxylation is 1. The summed E-state index contributed by atoms with van der Waals surface area (Å²) in [4.78, 5) is 5.03. The molecule has 0 aliphatic heterocycles. The van der Waals surface area contributed by atoms with Gasteiger partial charge in [0.2, 0.25) is 0 Å². The van der Waals surface area contributed by atoms with Crippen molar-refractivity contribution < 1.29 is 0 Å². The maximum absolute atomic E-state index is 5.03. The topological polar surface area (TPSA) is 17.8 Å². The molecule has 2 heteroatoms. The molecule has 0 atom stereocenters. The normalized spacial score (nSPS) is 16.0. The van der Waals surface area contributed by atoms with Crippen LogP contribution in [0, 0.1) is 6.92 Å². The minimum Gasteiger partial charge on any atom is -0.323 e. The Balaban J connectivity index is 1.81. The van der Waals surface area contributed by atoms with Crippen molar-refractivity contribution in [2.75, 3.05) is 0 Å². The molecule has 3 aromatic rings.